The molecule has 0 aliphatic heterocycles. The number of carbonyl (C=O) groups is 1. The predicted octanol–water partition coefficient (Wildman–Crippen LogP) is 3.86. The summed E-state index contributed by atoms with van der Waals surface area (Å²) in [6, 6.07) is 0. The number of ether oxygens (including phenoxy) is 1. The predicted molar refractivity (Wildman–Crippen MR) is 96.4 cm³/mol. The van der Waals surface area contributed by atoms with Crippen LogP contribution in [0.1, 0.15) is 65.2 Å². The zero-order valence-corrected chi connectivity index (χ0v) is 15.5. The van der Waals surface area contributed by atoms with E-state index in [1.807, 2.05) is 6.08 Å². The van der Waals surface area contributed by atoms with E-state index < -0.39 is 5.79 Å². The van der Waals surface area contributed by atoms with Gasteiger partial charge in [-0.25, -0.2) is 0 Å². The Kier molecular flexibility index (Phi) is 3.94. The van der Waals surface area contributed by atoms with Gasteiger partial charge >= 0.3 is 0 Å². The van der Waals surface area contributed by atoms with Crippen LogP contribution in [-0.2, 0) is 9.53 Å². The van der Waals surface area contributed by atoms with Crippen LogP contribution < -0.4 is 0 Å². The molecule has 3 saturated carbocycles. The summed E-state index contributed by atoms with van der Waals surface area (Å²) in [6.07, 6.45) is 15.0. The zero-order valence-electron chi connectivity index (χ0n) is 15.5. The topological polar surface area (TPSA) is 46.5 Å². The molecule has 0 saturated heterocycles. The highest BCUT2D eigenvalue weighted by molar-refractivity contribution is 5.91. The second kappa shape index (κ2) is 5.69. The van der Waals surface area contributed by atoms with Crippen LogP contribution in [0.4, 0.5) is 0 Å². The summed E-state index contributed by atoms with van der Waals surface area (Å²) in [5.74, 6) is 3.50. The molecule has 3 nitrogen and oxygen atoms in total. The lowest BCUT2D eigenvalue weighted by Gasteiger charge is -2.58. The summed E-state index contributed by atoms with van der Waals surface area (Å²) in [6.45, 7) is 4.79. The standard InChI is InChI=1S/C22H30O3/c1-4-13-25-22(24)12-9-19-17-6-5-15-14-16(23)7-10-20(15,2)18(17)8-11-21(19,22)3/h1,14,17-19,24H,5-13H2,2-3H3/t17-,18-,19-,20+,21?,22?/m1/s1. The molecule has 0 bridgehead atoms. The molecule has 1 N–H and O–H groups in total. The van der Waals surface area contributed by atoms with E-state index in [0.29, 0.717) is 36.4 Å². The van der Waals surface area contributed by atoms with Gasteiger partial charge < -0.3 is 9.84 Å². The molecule has 0 amide bonds. The Morgan fingerprint density at radius 3 is 2.72 bits per heavy atom. The Labute approximate surface area is 151 Å². The summed E-state index contributed by atoms with van der Waals surface area (Å²) < 4.78 is 5.80. The van der Waals surface area contributed by atoms with Crippen molar-refractivity contribution in [3.63, 3.8) is 0 Å². The first-order chi connectivity index (χ1) is 11.8. The number of rotatable bonds is 2. The van der Waals surface area contributed by atoms with Crippen molar-refractivity contribution < 1.29 is 14.6 Å². The Hall–Kier alpha value is -1.11. The minimum Gasteiger partial charge on any atom is -0.365 e. The van der Waals surface area contributed by atoms with Crippen LogP contribution in [0.2, 0.25) is 0 Å². The summed E-state index contributed by atoms with van der Waals surface area (Å²) in [4.78, 5) is 11.9. The third kappa shape index (κ3) is 2.30. The van der Waals surface area contributed by atoms with Crippen LogP contribution in [0.5, 0.6) is 0 Å². The Balaban J connectivity index is 1.64. The first kappa shape index (κ1) is 17.3. The second-order valence-corrected chi connectivity index (χ2v) is 9.24. The highest BCUT2D eigenvalue weighted by Gasteiger charge is 2.64. The van der Waals surface area contributed by atoms with Crippen molar-refractivity contribution in [1.29, 1.82) is 0 Å². The molecule has 0 aromatic carbocycles. The van der Waals surface area contributed by atoms with Crippen LogP contribution in [0.3, 0.4) is 0 Å². The van der Waals surface area contributed by atoms with Gasteiger partial charge in [0.25, 0.3) is 0 Å². The van der Waals surface area contributed by atoms with Crippen molar-refractivity contribution in [1.82, 2.24) is 0 Å². The van der Waals surface area contributed by atoms with Crippen molar-refractivity contribution in [2.75, 3.05) is 6.61 Å². The fraction of sp³-hybridized carbons (Fsp3) is 0.773. The smallest absolute Gasteiger partial charge is 0.172 e. The van der Waals surface area contributed by atoms with Gasteiger partial charge in [-0.1, -0.05) is 25.3 Å². The van der Waals surface area contributed by atoms with Gasteiger partial charge in [0.1, 0.15) is 6.61 Å². The van der Waals surface area contributed by atoms with Gasteiger partial charge in [-0.3, -0.25) is 4.79 Å². The molecular weight excluding hydrogens is 312 g/mol. The summed E-state index contributed by atoms with van der Waals surface area (Å²) in [5.41, 5.74) is 1.37. The van der Waals surface area contributed by atoms with Gasteiger partial charge in [-0.05, 0) is 67.8 Å². The molecule has 0 spiro atoms. The first-order valence-electron chi connectivity index (χ1n) is 9.88. The largest absolute Gasteiger partial charge is 0.365 e. The van der Waals surface area contributed by atoms with Crippen LogP contribution in [-0.4, -0.2) is 23.3 Å². The highest BCUT2D eigenvalue weighted by Crippen LogP contribution is 2.67. The van der Waals surface area contributed by atoms with Gasteiger partial charge in [-0.2, -0.15) is 0 Å². The number of hydrogen-bond acceptors (Lipinski definition) is 3. The van der Waals surface area contributed by atoms with Gasteiger partial charge in [0, 0.05) is 18.3 Å². The Morgan fingerprint density at radius 2 is 1.96 bits per heavy atom. The molecule has 3 heteroatoms. The van der Waals surface area contributed by atoms with Crippen LogP contribution >= 0.6 is 0 Å². The fourth-order valence-electron chi connectivity index (χ4n) is 6.93. The lowest BCUT2D eigenvalue weighted by Crippen LogP contribution is -2.55. The first-order valence-corrected chi connectivity index (χ1v) is 9.88. The van der Waals surface area contributed by atoms with E-state index in [9.17, 15) is 9.90 Å². The highest BCUT2D eigenvalue weighted by atomic mass is 16.6. The van der Waals surface area contributed by atoms with Gasteiger partial charge in [0.05, 0.1) is 0 Å². The average molecular weight is 342 g/mol. The number of fused-ring (bicyclic) bond motifs is 5. The summed E-state index contributed by atoms with van der Waals surface area (Å²) in [7, 11) is 0. The molecule has 4 rings (SSSR count). The minimum atomic E-state index is -1.07. The van der Waals surface area contributed by atoms with Crippen molar-refractivity contribution in [2.24, 2.45) is 28.6 Å². The number of carbonyl (C=O) groups excluding carboxylic acids is 1. The molecule has 4 aliphatic carbocycles. The quantitative estimate of drug-likeness (QED) is 0.612. The van der Waals surface area contributed by atoms with Crippen LogP contribution in [0.25, 0.3) is 0 Å². The van der Waals surface area contributed by atoms with E-state index in [2.05, 4.69) is 19.8 Å². The van der Waals surface area contributed by atoms with Crippen molar-refractivity contribution in [3.8, 4) is 12.3 Å². The van der Waals surface area contributed by atoms with Gasteiger partial charge in [-0.15, -0.1) is 6.42 Å². The summed E-state index contributed by atoms with van der Waals surface area (Å²) in [5, 5.41) is 11.2. The number of allylic oxidation sites excluding steroid dienone is 1. The van der Waals surface area contributed by atoms with E-state index >= 15 is 0 Å². The molecule has 6 atom stereocenters. The molecular formula is C22H30O3. The van der Waals surface area contributed by atoms with E-state index in [0.717, 1.165) is 38.5 Å². The van der Waals surface area contributed by atoms with E-state index in [1.165, 1.54) is 5.57 Å². The lowest BCUT2D eigenvalue weighted by atomic mass is 9.47. The number of ketones is 1. The van der Waals surface area contributed by atoms with Crippen LogP contribution in [0, 0.1) is 40.9 Å². The Morgan fingerprint density at radius 1 is 1.20 bits per heavy atom. The molecule has 0 heterocycles. The normalized spacial score (nSPS) is 48.8. The van der Waals surface area contributed by atoms with Gasteiger partial charge in [0.15, 0.2) is 11.6 Å². The maximum absolute atomic E-state index is 11.9. The van der Waals surface area contributed by atoms with E-state index in [-0.39, 0.29) is 17.4 Å². The molecule has 3 fully saturated rings. The molecule has 2 unspecified atom stereocenters. The molecule has 25 heavy (non-hydrogen) atoms. The summed E-state index contributed by atoms with van der Waals surface area (Å²) >= 11 is 0. The average Bonchev–Trinajstić information content (AvgIpc) is 2.85. The third-order valence-electron chi connectivity index (χ3n) is 8.43. The maximum Gasteiger partial charge on any atom is 0.172 e. The minimum absolute atomic E-state index is 0.179. The van der Waals surface area contributed by atoms with E-state index in [4.69, 9.17) is 11.2 Å². The monoisotopic (exact) mass is 342 g/mol. The number of terminal acetylenes is 1. The van der Waals surface area contributed by atoms with Crippen LogP contribution in [0.15, 0.2) is 11.6 Å². The van der Waals surface area contributed by atoms with Crippen molar-refractivity contribution in [2.45, 2.75) is 71.0 Å². The SMILES string of the molecule is C#CCOC1(O)CC[C@@H]2[C@@H]3CCC4=CC(=O)CC[C@]4(C)[C@@H]3CCC21C. The zero-order chi connectivity index (χ0) is 17.9. The van der Waals surface area contributed by atoms with Crippen molar-refractivity contribution in [3.05, 3.63) is 11.6 Å². The lowest BCUT2D eigenvalue weighted by molar-refractivity contribution is -0.270. The number of aliphatic hydroxyl groups is 1. The van der Waals surface area contributed by atoms with Gasteiger partial charge in [0.2, 0.25) is 0 Å². The molecule has 0 radical (unpaired) electrons. The molecule has 0 aromatic rings. The second-order valence-electron chi connectivity index (χ2n) is 9.24. The molecule has 4 aliphatic rings. The molecule has 0 aromatic heterocycles. The maximum atomic E-state index is 11.9. The fourth-order valence-corrected chi connectivity index (χ4v) is 6.93. The molecule has 136 valence electrons. The van der Waals surface area contributed by atoms with E-state index in [1.54, 1.807) is 0 Å². The van der Waals surface area contributed by atoms with Crippen molar-refractivity contribution >= 4 is 5.78 Å². The Bertz CT molecular complexity index is 659. The number of hydrogen-bond donors (Lipinski definition) is 1. The third-order valence-corrected chi connectivity index (χ3v) is 8.43.